The van der Waals surface area contributed by atoms with Crippen LogP contribution >= 0.6 is 0 Å². The van der Waals surface area contributed by atoms with Gasteiger partial charge < -0.3 is 14.4 Å². The first-order chi connectivity index (χ1) is 15.3. The molecule has 1 unspecified atom stereocenters. The number of fused-ring (bicyclic) bond motifs is 1. The first-order valence-corrected chi connectivity index (χ1v) is 11.3. The minimum atomic E-state index is -0.677. The number of anilines is 1. The van der Waals surface area contributed by atoms with Crippen LogP contribution in [-0.4, -0.2) is 54.5 Å². The summed E-state index contributed by atoms with van der Waals surface area (Å²) in [7, 11) is 3.35. The topological polar surface area (TPSA) is 94.8 Å². The minimum Gasteiger partial charge on any atom is -0.371 e. The zero-order valence-electron chi connectivity index (χ0n) is 19.2. The molecule has 9 nitrogen and oxygen atoms in total. The van der Waals surface area contributed by atoms with E-state index >= 15 is 0 Å². The normalized spacial score (nSPS) is 20.6. The summed E-state index contributed by atoms with van der Waals surface area (Å²) in [5.74, 6) is -0.350. The van der Waals surface area contributed by atoms with E-state index in [0.717, 1.165) is 42.7 Å². The molecule has 4 rings (SSSR count). The smallest absolute Gasteiger partial charge is 0.330 e. The monoisotopic (exact) mass is 444 g/mol. The molecular formula is C23H32N4O5. The van der Waals surface area contributed by atoms with E-state index in [1.807, 2.05) is 32.0 Å². The van der Waals surface area contributed by atoms with Gasteiger partial charge >= 0.3 is 5.69 Å². The maximum absolute atomic E-state index is 13.3. The highest BCUT2D eigenvalue weighted by Gasteiger charge is 2.32. The lowest BCUT2D eigenvalue weighted by molar-refractivity contribution is -0.141. The molecule has 1 atom stereocenters. The van der Waals surface area contributed by atoms with Crippen LogP contribution in [0.25, 0.3) is 11.0 Å². The second-order valence-electron chi connectivity index (χ2n) is 8.92. The minimum absolute atomic E-state index is 0.0651. The number of hydrogen-bond donors (Lipinski definition) is 1. The molecule has 2 aliphatic rings. The number of rotatable bonds is 6. The SMILES string of the molecule is COC(OC)C1CCN(c2ccc3c(c2)n(C(C)C)c(=O)n3C2CCC(=O)NC2=O)CC1. The second kappa shape index (κ2) is 9.07. The molecule has 1 N–H and O–H groups in total. The van der Waals surface area contributed by atoms with Crippen molar-refractivity contribution in [2.24, 2.45) is 5.92 Å². The summed E-state index contributed by atoms with van der Waals surface area (Å²) in [6.07, 6.45) is 2.29. The molecule has 2 amide bonds. The average Bonchev–Trinajstić information content (AvgIpc) is 3.06. The van der Waals surface area contributed by atoms with Crippen molar-refractivity contribution < 1.29 is 19.1 Å². The van der Waals surface area contributed by atoms with Crippen molar-refractivity contribution in [2.75, 3.05) is 32.2 Å². The van der Waals surface area contributed by atoms with Crippen molar-refractivity contribution in [1.82, 2.24) is 14.5 Å². The van der Waals surface area contributed by atoms with E-state index in [-0.39, 0.29) is 30.3 Å². The summed E-state index contributed by atoms with van der Waals surface area (Å²) < 4.78 is 14.2. The number of carbonyl (C=O) groups is 2. The van der Waals surface area contributed by atoms with Crippen molar-refractivity contribution in [3.8, 4) is 0 Å². The number of imide groups is 1. The van der Waals surface area contributed by atoms with Crippen LogP contribution < -0.4 is 15.9 Å². The zero-order valence-corrected chi connectivity index (χ0v) is 19.2. The molecule has 0 spiro atoms. The maximum Gasteiger partial charge on any atom is 0.330 e. The summed E-state index contributed by atoms with van der Waals surface area (Å²) in [6.45, 7) is 5.67. The first kappa shape index (κ1) is 22.5. The fourth-order valence-electron chi connectivity index (χ4n) is 5.07. The maximum atomic E-state index is 13.3. The van der Waals surface area contributed by atoms with Crippen LogP contribution in [-0.2, 0) is 19.1 Å². The standard InChI is InChI=1S/C23H32N4O5/c1-14(2)26-19-13-16(25-11-9-15(10-12-25)22(31-3)32-4)5-6-17(19)27(23(26)30)18-7-8-20(28)24-21(18)29/h5-6,13-15,18,22H,7-12H2,1-4H3,(H,24,28,29). The number of methoxy groups -OCH3 is 2. The predicted octanol–water partition coefficient (Wildman–Crippen LogP) is 2.20. The molecule has 2 aliphatic heterocycles. The molecule has 0 saturated carbocycles. The van der Waals surface area contributed by atoms with Gasteiger partial charge in [-0.2, -0.15) is 0 Å². The van der Waals surface area contributed by atoms with Crippen LogP contribution in [0.3, 0.4) is 0 Å². The molecule has 1 aromatic heterocycles. The van der Waals surface area contributed by atoms with Gasteiger partial charge in [-0.05, 0) is 51.3 Å². The van der Waals surface area contributed by atoms with Crippen molar-refractivity contribution in [2.45, 2.75) is 57.9 Å². The fraction of sp³-hybridized carbons (Fsp3) is 0.609. The van der Waals surface area contributed by atoms with E-state index in [0.29, 0.717) is 12.3 Å². The lowest BCUT2D eigenvalue weighted by Gasteiger charge is -2.36. The van der Waals surface area contributed by atoms with Gasteiger partial charge in [0, 0.05) is 51.4 Å². The molecule has 2 saturated heterocycles. The Morgan fingerprint density at radius 1 is 1.00 bits per heavy atom. The first-order valence-electron chi connectivity index (χ1n) is 11.3. The number of nitrogens with one attached hydrogen (secondary N) is 1. The van der Waals surface area contributed by atoms with Crippen LogP contribution in [0.1, 0.15) is 51.6 Å². The Labute approximate surface area is 187 Å². The summed E-state index contributed by atoms with van der Waals surface area (Å²) in [5, 5.41) is 2.37. The number of ether oxygens (including phenoxy) is 2. The quantitative estimate of drug-likeness (QED) is 0.542. The van der Waals surface area contributed by atoms with Crippen LogP contribution in [0.4, 0.5) is 5.69 Å². The van der Waals surface area contributed by atoms with Crippen LogP contribution in [0, 0.1) is 5.92 Å². The highest BCUT2D eigenvalue weighted by molar-refractivity contribution is 6.00. The summed E-state index contributed by atoms with van der Waals surface area (Å²) in [6, 6.07) is 5.24. The van der Waals surface area contributed by atoms with Gasteiger partial charge in [0.05, 0.1) is 11.0 Å². The molecule has 0 radical (unpaired) electrons. The van der Waals surface area contributed by atoms with Crippen molar-refractivity contribution in [1.29, 1.82) is 0 Å². The molecule has 9 heteroatoms. The third-order valence-electron chi connectivity index (χ3n) is 6.68. The average molecular weight is 445 g/mol. The molecular weight excluding hydrogens is 412 g/mol. The third-order valence-corrected chi connectivity index (χ3v) is 6.68. The largest absolute Gasteiger partial charge is 0.371 e. The molecule has 32 heavy (non-hydrogen) atoms. The zero-order chi connectivity index (χ0) is 23.0. The van der Waals surface area contributed by atoms with Crippen LogP contribution in [0.2, 0.25) is 0 Å². The van der Waals surface area contributed by atoms with Crippen molar-refractivity contribution in [3.63, 3.8) is 0 Å². The summed E-state index contributed by atoms with van der Waals surface area (Å²) >= 11 is 0. The Balaban J connectivity index is 1.67. The lowest BCUT2D eigenvalue weighted by atomic mass is 9.95. The summed E-state index contributed by atoms with van der Waals surface area (Å²) in [4.78, 5) is 39.8. The van der Waals surface area contributed by atoms with E-state index in [1.54, 1.807) is 23.4 Å². The molecule has 1 aromatic carbocycles. The van der Waals surface area contributed by atoms with Gasteiger partial charge in [0.1, 0.15) is 6.04 Å². The van der Waals surface area contributed by atoms with E-state index in [1.165, 1.54) is 0 Å². The number of nitrogens with zero attached hydrogens (tertiary/aromatic N) is 3. The molecule has 2 aromatic rings. The van der Waals surface area contributed by atoms with Crippen LogP contribution in [0.5, 0.6) is 0 Å². The molecule has 174 valence electrons. The Kier molecular flexibility index (Phi) is 6.39. The van der Waals surface area contributed by atoms with Gasteiger partial charge in [-0.25, -0.2) is 4.79 Å². The predicted molar refractivity (Wildman–Crippen MR) is 121 cm³/mol. The number of aromatic nitrogens is 2. The Hall–Kier alpha value is -2.65. The van der Waals surface area contributed by atoms with Crippen molar-refractivity contribution in [3.05, 3.63) is 28.7 Å². The molecule has 2 fully saturated rings. The number of benzene rings is 1. The summed E-state index contributed by atoms with van der Waals surface area (Å²) in [5.41, 5.74) is 2.36. The Bertz CT molecular complexity index is 1060. The molecule has 0 bridgehead atoms. The van der Waals surface area contributed by atoms with E-state index in [2.05, 4.69) is 10.2 Å². The highest BCUT2D eigenvalue weighted by atomic mass is 16.7. The molecule has 0 aliphatic carbocycles. The van der Waals surface area contributed by atoms with Gasteiger partial charge in [0.25, 0.3) is 0 Å². The molecule has 3 heterocycles. The van der Waals surface area contributed by atoms with Gasteiger partial charge in [-0.15, -0.1) is 0 Å². The number of carbonyl (C=O) groups excluding carboxylic acids is 2. The Morgan fingerprint density at radius 2 is 1.69 bits per heavy atom. The van der Waals surface area contributed by atoms with E-state index in [9.17, 15) is 14.4 Å². The van der Waals surface area contributed by atoms with Gasteiger partial charge in [-0.3, -0.25) is 24.0 Å². The number of imidazole rings is 1. The van der Waals surface area contributed by atoms with Gasteiger partial charge in [-0.1, -0.05) is 0 Å². The highest BCUT2D eigenvalue weighted by Crippen LogP contribution is 2.31. The third kappa shape index (κ3) is 3.95. The fourth-order valence-corrected chi connectivity index (χ4v) is 5.07. The second-order valence-corrected chi connectivity index (χ2v) is 8.92. The number of amides is 2. The van der Waals surface area contributed by atoms with E-state index < -0.39 is 11.9 Å². The lowest BCUT2D eigenvalue weighted by Crippen LogP contribution is -2.44. The number of hydrogen-bond acceptors (Lipinski definition) is 6. The van der Waals surface area contributed by atoms with Gasteiger partial charge in [0.2, 0.25) is 11.8 Å². The number of piperidine rings is 2. The van der Waals surface area contributed by atoms with Crippen LogP contribution in [0.15, 0.2) is 23.0 Å². The van der Waals surface area contributed by atoms with Crippen molar-refractivity contribution >= 4 is 28.5 Å². The van der Waals surface area contributed by atoms with E-state index in [4.69, 9.17) is 9.47 Å². The Morgan fingerprint density at radius 3 is 2.28 bits per heavy atom. The van der Waals surface area contributed by atoms with Gasteiger partial charge in [0.15, 0.2) is 6.29 Å².